The zero-order valence-electron chi connectivity index (χ0n) is 25.4. The Balaban J connectivity index is 1.51. The predicted molar refractivity (Wildman–Crippen MR) is 172 cm³/mol. The van der Waals surface area contributed by atoms with Gasteiger partial charge in [-0.3, -0.25) is 19.2 Å². The summed E-state index contributed by atoms with van der Waals surface area (Å²) in [4.78, 5) is 50.9. The predicted octanol–water partition coefficient (Wildman–Crippen LogP) is 4.69. The smallest absolute Gasteiger partial charge is 0.243 e. The molecule has 0 fully saturated rings. The Hall–Kier alpha value is -4.66. The monoisotopic (exact) mass is 600 g/mol. The van der Waals surface area contributed by atoms with Gasteiger partial charge in [0, 0.05) is 31.4 Å². The van der Waals surface area contributed by atoms with E-state index in [0.29, 0.717) is 12.3 Å². The molecule has 9 heteroatoms. The van der Waals surface area contributed by atoms with E-state index in [9.17, 15) is 19.2 Å². The van der Waals surface area contributed by atoms with E-state index < -0.39 is 29.8 Å². The molecule has 5 N–H and O–H groups in total. The molecule has 0 spiro atoms. The number of carbonyl (C=O) groups excluding carboxylic acids is 4. The van der Waals surface area contributed by atoms with Crippen molar-refractivity contribution in [1.29, 1.82) is 0 Å². The van der Waals surface area contributed by atoms with Crippen LogP contribution in [0, 0.1) is 0 Å². The van der Waals surface area contributed by atoms with Crippen molar-refractivity contribution in [2.24, 2.45) is 5.73 Å². The maximum atomic E-state index is 13.3. The van der Waals surface area contributed by atoms with Crippen LogP contribution in [0.4, 0.5) is 5.69 Å². The van der Waals surface area contributed by atoms with E-state index in [-0.39, 0.29) is 31.6 Å². The summed E-state index contributed by atoms with van der Waals surface area (Å²) in [6.45, 7) is 2.84. The lowest BCUT2D eigenvalue weighted by molar-refractivity contribution is -0.131. The highest BCUT2D eigenvalue weighted by Gasteiger charge is 2.26. The largest absolute Gasteiger partial charge is 0.494 e. The van der Waals surface area contributed by atoms with Gasteiger partial charge in [0.1, 0.15) is 17.8 Å². The molecule has 3 rings (SSSR count). The Morgan fingerprint density at radius 3 is 1.84 bits per heavy atom. The SMILES string of the molecule is CCCCCCCOc1ccc(NC(=O)CCC(=O)N[C@@H](Cc2ccccc2)C(=O)N[C@@H](Cc2ccccc2)C(N)=O)cc1. The third-order valence-corrected chi connectivity index (χ3v) is 7.11. The fourth-order valence-corrected chi connectivity index (χ4v) is 4.65. The van der Waals surface area contributed by atoms with Gasteiger partial charge >= 0.3 is 0 Å². The van der Waals surface area contributed by atoms with Crippen molar-refractivity contribution < 1.29 is 23.9 Å². The molecule has 0 aliphatic heterocycles. The topological polar surface area (TPSA) is 140 Å². The van der Waals surface area contributed by atoms with Crippen LogP contribution in [0.3, 0.4) is 0 Å². The molecule has 4 amide bonds. The van der Waals surface area contributed by atoms with Gasteiger partial charge in [-0.05, 0) is 41.8 Å². The summed E-state index contributed by atoms with van der Waals surface area (Å²) in [7, 11) is 0. The van der Waals surface area contributed by atoms with Crippen molar-refractivity contribution in [2.45, 2.75) is 76.8 Å². The van der Waals surface area contributed by atoms with Crippen LogP contribution < -0.4 is 26.4 Å². The van der Waals surface area contributed by atoms with Gasteiger partial charge in [-0.25, -0.2) is 0 Å². The lowest BCUT2D eigenvalue weighted by Crippen LogP contribution is -2.54. The first kappa shape index (κ1) is 33.8. The molecule has 44 heavy (non-hydrogen) atoms. The molecule has 3 aromatic rings. The molecule has 0 saturated carbocycles. The Bertz CT molecular complexity index is 1320. The molecule has 3 aromatic carbocycles. The maximum absolute atomic E-state index is 13.3. The third kappa shape index (κ3) is 12.7. The van der Waals surface area contributed by atoms with Crippen LogP contribution in [0.1, 0.15) is 63.0 Å². The summed E-state index contributed by atoms with van der Waals surface area (Å²) in [5.74, 6) is -1.26. The molecular weight excluding hydrogens is 556 g/mol. The van der Waals surface area contributed by atoms with E-state index in [1.54, 1.807) is 24.3 Å². The fourth-order valence-electron chi connectivity index (χ4n) is 4.65. The van der Waals surface area contributed by atoms with Crippen molar-refractivity contribution in [3.8, 4) is 5.75 Å². The zero-order chi connectivity index (χ0) is 31.6. The van der Waals surface area contributed by atoms with E-state index in [2.05, 4.69) is 22.9 Å². The second-order valence-electron chi connectivity index (χ2n) is 10.8. The molecule has 0 saturated heterocycles. The van der Waals surface area contributed by atoms with Crippen molar-refractivity contribution >= 4 is 29.3 Å². The standard InChI is InChI=1S/C35H44N4O5/c1-2-3-4-5-12-23-44-29-19-17-28(18-20-29)37-32(40)21-22-33(41)38-31(25-27-15-10-7-11-16-27)35(43)39-30(34(36)42)24-26-13-8-6-9-14-26/h6-11,13-20,30-31H,2-5,12,21-25H2,1H3,(H2,36,42)(H,37,40)(H,38,41)(H,39,43)/t30-,31-/m0/s1. The number of anilines is 1. The highest BCUT2D eigenvalue weighted by Crippen LogP contribution is 2.17. The van der Waals surface area contributed by atoms with Gasteiger partial charge in [0.15, 0.2) is 0 Å². The molecule has 0 unspecified atom stereocenters. The summed E-state index contributed by atoms with van der Waals surface area (Å²) >= 11 is 0. The van der Waals surface area contributed by atoms with Crippen molar-refractivity contribution in [2.75, 3.05) is 11.9 Å². The lowest BCUT2D eigenvalue weighted by atomic mass is 10.0. The lowest BCUT2D eigenvalue weighted by Gasteiger charge is -2.22. The number of nitrogens with two attached hydrogens (primary N) is 1. The molecule has 0 radical (unpaired) electrons. The van der Waals surface area contributed by atoms with E-state index in [4.69, 9.17) is 10.5 Å². The van der Waals surface area contributed by atoms with Gasteiger partial charge in [0.05, 0.1) is 6.61 Å². The number of amides is 4. The number of primary amides is 1. The van der Waals surface area contributed by atoms with Gasteiger partial charge in [0.2, 0.25) is 23.6 Å². The number of hydrogen-bond donors (Lipinski definition) is 4. The minimum Gasteiger partial charge on any atom is -0.494 e. The van der Waals surface area contributed by atoms with Gasteiger partial charge < -0.3 is 26.4 Å². The van der Waals surface area contributed by atoms with E-state index in [1.807, 2.05) is 60.7 Å². The van der Waals surface area contributed by atoms with Crippen LogP contribution in [0.2, 0.25) is 0 Å². The molecule has 0 aliphatic carbocycles. The summed E-state index contributed by atoms with van der Waals surface area (Å²) in [6.07, 6.45) is 6.06. The van der Waals surface area contributed by atoms with Gasteiger partial charge in [-0.15, -0.1) is 0 Å². The average Bonchev–Trinajstić information content (AvgIpc) is 3.03. The van der Waals surface area contributed by atoms with Crippen molar-refractivity contribution in [3.05, 3.63) is 96.1 Å². The summed E-state index contributed by atoms with van der Waals surface area (Å²) < 4.78 is 5.77. The van der Waals surface area contributed by atoms with E-state index in [1.165, 1.54) is 19.3 Å². The number of nitrogens with one attached hydrogen (secondary N) is 3. The van der Waals surface area contributed by atoms with E-state index in [0.717, 1.165) is 29.7 Å². The van der Waals surface area contributed by atoms with Crippen LogP contribution in [-0.2, 0) is 32.0 Å². The highest BCUT2D eigenvalue weighted by molar-refractivity contribution is 5.95. The first-order valence-corrected chi connectivity index (χ1v) is 15.3. The average molecular weight is 601 g/mol. The van der Waals surface area contributed by atoms with Crippen molar-refractivity contribution in [3.63, 3.8) is 0 Å². The number of ether oxygens (including phenoxy) is 1. The summed E-state index contributed by atoms with van der Waals surface area (Å²) in [5.41, 5.74) is 7.85. The van der Waals surface area contributed by atoms with Crippen LogP contribution >= 0.6 is 0 Å². The van der Waals surface area contributed by atoms with Crippen LogP contribution in [0.15, 0.2) is 84.9 Å². The molecule has 9 nitrogen and oxygen atoms in total. The minimum atomic E-state index is -0.968. The Morgan fingerprint density at radius 1 is 0.682 bits per heavy atom. The third-order valence-electron chi connectivity index (χ3n) is 7.11. The van der Waals surface area contributed by atoms with Gasteiger partial charge in [-0.1, -0.05) is 93.3 Å². The van der Waals surface area contributed by atoms with Crippen LogP contribution in [-0.4, -0.2) is 42.3 Å². The van der Waals surface area contributed by atoms with E-state index >= 15 is 0 Å². The Kier molecular flexibility index (Phi) is 14.4. The fraction of sp³-hybridized carbons (Fsp3) is 0.371. The van der Waals surface area contributed by atoms with Crippen LogP contribution in [0.25, 0.3) is 0 Å². The maximum Gasteiger partial charge on any atom is 0.243 e. The minimum absolute atomic E-state index is 0.0700. The molecule has 2 atom stereocenters. The highest BCUT2D eigenvalue weighted by atomic mass is 16.5. The Labute approximate surface area is 259 Å². The first-order valence-electron chi connectivity index (χ1n) is 15.3. The number of carbonyl (C=O) groups is 4. The number of hydrogen-bond acceptors (Lipinski definition) is 5. The molecular formula is C35H44N4O5. The first-order chi connectivity index (χ1) is 21.3. The molecule has 0 aliphatic rings. The second-order valence-corrected chi connectivity index (χ2v) is 10.8. The number of unbranched alkanes of at least 4 members (excludes halogenated alkanes) is 4. The van der Waals surface area contributed by atoms with Crippen LogP contribution in [0.5, 0.6) is 5.75 Å². The summed E-state index contributed by atoms with van der Waals surface area (Å²) in [6, 6.07) is 23.7. The number of rotatable bonds is 19. The van der Waals surface area contributed by atoms with Crippen molar-refractivity contribution in [1.82, 2.24) is 10.6 Å². The summed E-state index contributed by atoms with van der Waals surface area (Å²) in [5, 5.41) is 8.22. The molecule has 0 bridgehead atoms. The van der Waals surface area contributed by atoms with Gasteiger partial charge in [0.25, 0.3) is 0 Å². The second kappa shape index (κ2) is 18.8. The quantitative estimate of drug-likeness (QED) is 0.148. The molecule has 234 valence electrons. The molecule has 0 aromatic heterocycles. The number of benzene rings is 3. The Morgan fingerprint density at radius 2 is 1.25 bits per heavy atom. The zero-order valence-corrected chi connectivity index (χ0v) is 25.4. The molecule has 0 heterocycles. The van der Waals surface area contributed by atoms with Gasteiger partial charge in [-0.2, -0.15) is 0 Å². The normalized spacial score (nSPS) is 12.0.